The summed E-state index contributed by atoms with van der Waals surface area (Å²) in [7, 11) is 0. The van der Waals surface area contributed by atoms with Crippen molar-refractivity contribution in [3.05, 3.63) is 59.1 Å². The molecule has 0 bridgehead atoms. The quantitative estimate of drug-likeness (QED) is 0.873. The van der Waals surface area contributed by atoms with Gasteiger partial charge in [-0.1, -0.05) is 29.8 Å². The number of hydrogen-bond donors (Lipinski definition) is 1. The number of carbonyl (C=O) groups excluding carboxylic acids is 2. The van der Waals surface area contributed by atoms with Gasteiger partial charge < -0.3 is 5.32 Å². The first-order valence-electron chi connectivity index (χ1n) is 6.76. The van der Waals surface area contributed by atoms with Crippen LogP contribution >= 0.6 is 23.4 Å². The average molecular weight is 331 g/mol. The van der Waals surface area contributed by atoms with Crippen molar-refractivity contribution in [3.63, 3.8) is 0 Å². The van der Waals surface area contributed by atoms with E-state index in [4.69, 9.17) is 11.6 Å². The predicted molar refractivity (Wildman–Crippen MR) is 88.1 cm³/mol. The van der Waals surface area contributed by atoms with Crippen LogP contribution in [0.5, 0.6) is 0 Å². The Labute approximate surface area is 136 Å². The largest absolute Gasteiger partial charge is 0.323 e. The van der Waals surface area contributed by atoms with Crippen LogP contribution in [-0.2, 0) is 14.5 Å². The third-order valence-corrected chi connectivity index (χ3v) is 5.52. The smallest absolute Gasteiger partial charge is 0.266 e. The van der Waals surface area contributed by atoms with Crippen LogP contribution in [0, 0.1) is 0 Å². The predicted octanol–water partition coefficient (Wildman–Crippen LogP) is 3.22. The number of anilines is 2. The Kier molecular flexibility index (Phi) is 2.96. The molecular weight excluding hydrogens is 320 g/mol. The number of amides is 2. The molecule has 2 aliphatic rings. The van der Waals surface area contributed by atoms with Gasteiger partial charge in [-0.25, -0.2) is 0 Å². The van der Waals surface area contributed by atoms with Crippen molar-refractivity contribution < 1.29 is 9.59 Å². The molecule has 1 spiro atoms. The molecule has 2 aromatic carbocycles. The van der Waals surface area contributed by atoms with Crippen molar-refractivity contribution in [2.45, 2.75) is 4.87 Å². The van der Waals surface area contributed by atoms with Gasteiger partial charge in [-0.05, 0) is 30.3 Å². The second-order valence-electron chi connectivity index (χ2n) is 5.14. The average Bonchev–Trinajstić information content (AvgIpc) is 3.00. The van der Waals surface area contributed by atoms with Crippen LogP contribution in [0.1, 0.15) is 5.56 Å². The van der Waals surface area contributed by atoms with Gasteiger partial charge in [0.15, 0.2) is 0 Å². The van der Waals surface area contributed by atoms with Gasteiger partial charge in [0.2, 0.25) is 10.8 Å². The first-order chi connectivity index (χ1) is 10.6. The van der Waals surface area contributed by atoms with E-state index in [1.807, 2.05) is 30.3 Å². The van der Waals surface area contributed by atoms with Crippen LogP contribution in [0.2, 0.25) is 5.02 Å². The fourth-order valence-electron chi connectivity index (χ4n) is 2.97. The van der Waals surface area contributed by atoms with Gasteiger partial charge in [0.05, 0.1) is 5.75 Å². The van der Waals surface area contributed by atoms with Crippen molar-refractivity contribution in [1.82, 2.24) is 0 Å². The Morgan fingerprint density at radius 1 is 1.14 bits per heavy atom. The number of rotatable bonds is 1. The molecule has 2 amide bonds. The Hall–Kier alpha value is -1.98. The fraction of sp³-hybridized carbons (Fsp3) is 0.125. The Bertz CT molecular complexity index is 796. The number of benzene rings is 2. The minimum atomic E-state index is -1.07. The highest BCUT2D eigenvalue weighted by molar-refractivity contribution is 8.02. The lowest BCUT2D eigenvalue weighted by atomic mass is 10.0. The summed E-state index contributed by atoms with van der Waals surface area (Å²) >= 11 is 7.44. The maximum Gasteiger partial charge on any atom is 0.266 e. The lowest BCUT2D eigenvalue weighted by molar-refractivity contribution is -0.122. The van der Waals surface area contributed by atoms with Gasteiger partial charge in [-0.2, -0.15) is 0 Å². The number of carbonyl (C=O) groups is 2. The molecule has 0 aliphatic carbocycles. The molecule has 110 valence electrons. The monoisotopic (exact) mass is 330 g/mol. The summed E-state index contributed by atoms with van der Waals surface area (Å²) in [4.78, 5) is 25.7. The Balaban J connectivity index is 1.95. The van der Waals surface area contributed by atoms with Crippen LogP contribution in [-0.4, -0.2) is 17.6 Å². The molecule has 4 rings (SSSR count). The van der Waals surface area contributed by atoms with E-state index in [2.05, 4.69) is 5.32 Å². The molecule has 1 saturated heterocycles. The van der Waals surface area contributed by atoms with Crippen molar-refractivity contribution in [1.29, 1.82) is 0 Å². The van der Waals surface area contributed by atoms with Gasteiger partial charge in [0, 0.05) is 22.0 Å². The highest BCUT2D eigenvalue weighted by Crippen LogP contribution is 2.53. The van der Waals surface area contributed by atoms with Crippen molar-refractivity contribution in [3.8, 4) is 0 Å². The molecule has 1 atom stereocenters. The van der Waals surface area contributed by atoms with Gasteiger partial charge in [0.25, 0.3) is 5.91 Å². The molecule has 1 N–H and O–H groups in total. The first kappa shape index (κ1) is 13.7. The summed E-state index contributed by atoms with van der Waals surface area (Å²) < 4.78 is 0. The van der Waals surface area contributed by atoms with E-state index in [1.165, 1.54) is 11.8 Å². The molecule has 1 fully saturated rings. The molecule has 2 aliphatic heterocycles. The van der Waals surface area contributed by atoms with Gasteiger partial charge >= 0.3 is 0 Å². The van der Waals surface area contributed by atoms with E-state index >= 15 is 0 Å². The summed E-state index contributed by atoms with van der Waals surface area (Å²) in [6.07, 6.45) is 0. The van der Waals surface area contributed by atoms with E-state index in [1.54, 1.807) is 23.1 Å². The van der Waals surface area contributed by atoms with Gasteiger partial charge in [-0.15, -0.1) is 11.8 Å². The third-order valence-electron chi connectivity index (χ3n) is 3.89. The zero-order valence-corrected chi connectivity index (χ0v) is 12.9. The number of fused-ring (bicyclic) bond motifs is 2. The van der Waals surface area contributed by atoms with Gasteiger partial charge in [-0.3, -0.25) is 14.5 Å². The summed E-state index contributed by atoms with van der Waals surface area (Å²) in [5.41, 5.74) is 2.16. The van der Waals surface area contributed by atoms with Crippen LogP contribution in [0.3, 0.4) is 0 Å². The molecule has 1 unspecified atom stereocenters. The topological polar surface area (TPSA) is 49.4 Å². The van der Waals surface area contributed by atoms with E-state index in [0.717, 1.165) is 5.56 Å². The molecule has 2 aromatic rings. The number of thioether (sulfide) groups is 1. The van der Waals surface area contributed by atoms with E-state index in [9.17, 15) is 9.59 Å². The van der Waals surface area contributed by atoms with Crippen molar-refractivity contribution in [2.75, 3.05) is 16.0 Å². The highest BCUT2D eigenvalue weighted by atomic mass is 35.5. The summed E-state index contributed by atoms with van der Waals surface area (Å²) in [6.45, 7) is 0. The highest BCUT2D eigenvalue weighted by Gasteiger charge is 2.58. The minimum absolute atomic E-state index is 0.0841. The van der Waals surface area contributed by atoms with Crippen molar-refractivity contribution in [2.24, 2.45) is 0 Å². The Morgan fingerprint density at radius 3 is 2.68 bits per heavy atom. The number of nitrogens with one attached hydrogen (secondary N) is 1. The number of halogens is 1. The van der Waals surface area contributed by atoms with E-state index in [0.29, 0.717) is 16.4 Å². The zero-order chi connectivity index (χ0) is 15.3. The lowest BCUT2D eigenvalue weighted by Crippen LogP contribution is -2.47. The maximum absolute atomic E-state index is 12.7. The molecule has 6 heteroatoms. The molecule has 4 nitrogen and oxygen atoms in total. The Morgan fingerprint density at radius 2 is 1.91 bits per heavy atom. The third kappa shape index (κ3) is 1.72. The number of para-hydroxylation sites is 1. The second kappa shape index (κ2) is 4.76. The van der Waals surface area contributed by atoms with Crippen LogP contribution in [0.4, 0.5) is 11.4 Å². The summed E-state index contributed by atoms with van der Waals surface area (Å²) in [5.74, 6) is -0.0301. The zero-order valence-electron chi connectivity index (χ0n) is 11.4. The fourth-order valence-corrected chi connectivity index (χ4v) is 4.45. The summed E-state index contributed by atoms with van der Waals surface area (Å²) in [5, 5.41) is 3.41. The molecule has 0 aromatic heterocycles. The molecule has 2 heterocycles. The molecule has 0 saturated carbocycles. The maximum atomic E-state index is 12.7. The number of hydrogen-bond acceptors (Lipinski definition) is 3. The van der Waals surface area contributed by atoms with Crippen LogP contribution < -0.4 is 10.2 Å². The second-order valence-corrected chi connectivity index (χ2v) is 6.75. The van der Waals surface area contributed by atoms with Crippen LogP contribution in [0.15, 0.2) is 48.5 Å². The van der Waals surface area contributed by atoms with E-state index in [-0.39, 0.29) is 17.6 Å². The SMILES string of the molecule is O=C1CSC2(C(=O)Nc3ccc(Cl)cc32)N1c1ccccc1. The molecule has 22 heavy (non-hydrogen) atoms. The summed E-state index contributed by atoms with van der Waals surface area (Å²) in [6, 6.07) is 14.5. The molecular formula is C16H11ClN2O2S. The standard InChI is InChI=1S/C16H11ClN2O2S/c17-10-6-7-13-12(8-10)16(15(21)18-13)19(14(20)9-22-16)11-4-2-1-3-5-11/h1-8H,9H2,(H,18,21). The van der Waals surface area contributed by atoms with Gasteiger partial charge in [0.1, 0.15) is 0 Å². The number of nitrogens with zero attached hydrogens (tertiary/aromatic N) is 1. The van der Waals surface area contributed by atoms with Crippen LogP contribution in [0.25, 0.3) is 0 Å². The molecule has 0 radical (unpaired) electrons. The minimum Gasteiger partial charge on any atom is -0.323 e. The van der Waals surface area contributed by atoms with E-state index < -0.39 is 4.87 Å². The first-order valence-corrected chi connectivity index (χ1v) is 8.13. The van der Waals surface area contributed by atoms with Crippen molar-refractivity contribution >= 4 is 46.6 Å². The normalized spacial score (nSPS) is 23.0. The lowest BCUT2D eigenvalue weighted by Gasteiger charge is -2.32.